The number of aryl methyl sites for hydroxylation is 1. The number of thiazole rings is 1. The van der Waals surface area contributed by atoms with Gasteiger partial charge in [0.15, 0.2) is 5.13 Å². The van der Waals surface area contributed by atoms with E-state index in [4.69, 9.17) is 0 Å². The van der Waals surface area contributed by atoms with E-state index in [2.05, 4.69) is 21.9 Å². The summed E-state index contributed by atoms with van der Waals surface area (Å²) in [4.78, 5) is 36.6. The van der Waals surface area contributed by atoms with E-state index in [0.29, 0.717) is 17.4 Å². The van der Waals surface area contributed by atoms with Crippen molar-refractivity contribution in [2.45, 2.75) is 40.0 Å². The van der Waals surface area contributed by atoms with Crippen LogP contribution >= 0.6 is 11.3 Å². The van der Waals surface area contributed by atoms with Crippen molar-refractivity contribution in [3.05, 3.63) is 39.0 Å². The lowest BCUT2D eigenvalue weighted by Crippen LogP contribution is -2.22. The maximum atomic E-state index is 11.8. The highest BCUT2D eigenvalue weighted by Crippen LogP contribution is 2.23. The monoisotopic (exact) mass is 346 g/mol. The second-order valence-corrected chi connectivity index (χ2v) is 6.33. The van der Waals surface area contributed by atoms with Crippen molar-refractivity contribution in [3.63, 3.8) is 0 Å². The molecule has 24 heavy (non-hydrogen) atoms. The van der Waals surface area contributed by atoms with Crippen molar-refractivity contribution in [2.75, 3.05) is 11.9 Å². The van der Waals surface area contributed by atoms with E-state index >= 15 is 0 Å². The second-order valence-electron chi connectivity index (χ2n) is 5.49. The van der Waals surface area contributed by atoms with Crippen LogP contribution in [0.4, 0.5) is 5.13 Å². The lowest BCUT2D eigenvalue weighted by Gasteiger charge is -2.09. The van der Waals surface area contributed by atoms with Crippen LogP contribution in [0.3, 0.4) is 0 Å². The van der Waals surface area contributed by atoms with Gasteiger partial charge >= 0.3 is 0 Å². The Bertz CT molecular complexity index is 807. The van der Waals surface area contributed by atoms with Crippen LogP contribution in [0.15, 0.2) is 16.2 Å². The van der Waals surface area contributed by atoms with E-state index in [1.165, 1.54) is 23.2 Å². The fourth-order valence-corrected chi connectivity index (χ4v) is 2.98. The first-order valence-electron chi connectivity index (χ1n) is 7.95. The molecule has 1 amide bonds. The molecule has 0 aromatic carbocycles. The van der Waals surface area contributed by atoms with Gasteiger partial charge in [-0.15, -0.1) is 11.3 Å². The molecule has 0 atom stereocenters. The molecular formula is C17H22N4O2S. The van der Waals surface area contributed by atoms with Gasteiger partial charge in [-0.1, -0.05) is 20.3 Å². The molecule has 0 fully saturated rings. The van der Waals surface area contributed by atoms with Gasteiger partial charge in [0, 0.05) is 31.1 Å². The zero-order chi connectivity index (χ0) is 17.7. The molecular weight excluding hydrogens is 324 g/mol. The molecule has 0 bridgehead atoms. The second kappa shape index (κ2) is 8.01. The zero-order valence-corrected chi connectivity index (χ0v) is 15.2. The van der Waals surface area contributed by atoms with Crippen molar-refractivity contribution in [3.8, 4) is 0 Å². The summed E-state index contributed by atoms with van der Waals surface area (Å²) in [6, 6.07) is 1.54. The third-order valence-electron chi connectivity index (χ3n) is 3.58. The number of allylic oxidation sites excluding steroid dienone is 1. The molecule has 0 saturated carbocycles. The van der Waals surface area contributed by atoms with Gasteiger partial charge in [0.1, 0.15) is 5.82 Å². The molecule has 0 unspecified atom stereocenters. The molecule has 2 heterocycles. The highest BCUT2D eigenvalue weighted by molar-refractivity contribution is 7.14. The summed E-state index contributed by atoms with van der Waals surface area (Å²) in [7, 11) is 1.70. The van der Waals surface area contributed by atoms with Crippen molar-refractivity contribution in [1.82, 2.24) is 15.0 Å². The molecule has 0 saturated heterocycles. The fourth-order valence-electron chi connectivity index (χ4n) is 2.19. The lowest BCUT2D eigenvalue weighted by molar-refractivity contribution is -0.116. The molecule has 2 rings (SSSR count). The average Bonchev–Trinajstić information content (AvgIpc) is 3.00. The number of amides is 1. The summed E-state index contributed by atoms with van der Waals surface area (Å²) >= 11 is 1.41. The highest BCUT2D eigenvalue weighted by Gasteiger charge is 2.11. The molecule has 0 aliphatic rings. The minimum Gasteiger partial charge on any atom is -0.307 e. The molecule has 7 heteroatoms. The number of aromatic amines is 1. The first kappa shape index (κ1) is 18.1. The quantitative estimate of drug-likeness (QED) is 0.871. The topological polar surface area (TPSA) is 79.0 Å². The number of rotatable bonds is 6. The molecule has 1 N–H and O–H groups in total. The molecule has 0 spiro atoms. The van der Waals surface area contributed by atoms with Gasteiger partial charge in [-0.2, -0.15) is 0 Å². The number of carbonyl (C=O) groups excluding carboxylic acids is 1. The predicted molar refractivity (Wildman–Crippen MR) is 98.2 cm³/mol. The third-order valence-corrected chi connectivity index (χ3v) is 4.51. The Labute approximate surface area is 145 Å². The average molecular weight is 346 g/mol. The van der Waals surface area contributed by atoms with Crippen molar-refractivity contribution in [2.24, 2.45) is 0 Å². The number of aromatic nitrogens is 3. The Morgan fingerprint density at radius 2 is 2.12 bits per heavy atom. The lowest BCUT2D eigenvalue weighted by atomic mass is 10.1. The third kappa shape index (κ3) is 4.38. The minimum absolute atomic E-state index is 0.0612. The van der Waals surface area contributed by atoms with Gasteiger partial charge in [-0.3, -0.25) is 14.5 Å². The van der Waals surface area contributed by atoms with Gasteiger partial charge in [0.2, 0.25) is 5.91 Å². The van der Waals surface area contributed by atoms with Crippen LogP contribution in [-0.2, 0) is 11.2 Å². The van der Waals surface area contributed by atoms with Crippen LogP contribution in [0.5, 0.6) is 0 Å². The number of nitrogens with zero attached hydrogens (tertiary/aromatic N) is 3. The van der Waals surface area contributed by atoms with E-state index in [1.807, 2.05) is 18.4 Å². The number of H-pyrrole nitrogens is 1. The summed E-state index contributed by atoms with van der Waals surface area (Å²) in [5.74, 6) is 0.525. The van der Waals surface area contributed by atoms with E-state index in [-0.39, 0.29) is 11.5 Å². The van der Waals surface area contributed by atoms with Crippen molar-refractivity contribution >= 4 is 34.0 Å². The Balaban J connectivity index is 2.36. The SMILES string of the molecule is CCCc1cc(=O)[nH]c(C(=Cc2csc(N(C)C(C)=O)n2)CC)n1. The Morgan fingerprint density at radius 1 is 1.38 bits per heavy atom. The summed E-state index contributed by atoms with van der Waals surface area (Å²) in [6.07, 6.45) is 4.34. The van der Waals surface area contributed by atoms with Crippen LogP contribution in [0.25, 0.3) is 11.6 Å². The van der Waals surface area contributed by atoms with Gasteiger partial charge < -0.3 is 4.98 Å². The Morgan fingerprint density at radius 3 is 2.75 bits per heavy atom. The van der Waals surface area contributed by atoms with Crippen LogP contribution in [-0.4, -0.2) is 27.9 Å². The molecule has 2 aromatic rings. The van der Waals surface area contributed by atoms with Crippen molar-refractivity contribution in [1.29, 1.82) is 0 Å². The predicted octanol–water partition coefficient (Wildman–Crippen LogP) is 3.11. The van der Waals surface area contributed by atoms with E-state index < -0.39 is 0 Å². The summed E-state index contributed by atoms with van der Waals surface area (Å²) in [5.41, 5.74) is 2.32. The van der Waals surface area contributed by atoms with Gasteiger partial charge in [-0.05, 0) is 24.5 Å². The molecule has 6 nitrogen and oxygen atoms in total. The standard InChI is InChI=1S/C17H22N4O2S/c1-5-7-13-9-15(23)20-16(18-13)12(6-2)8-14-10-24-17(19-14)21(4)11(3)22/h8-10H,5-7H2,1-4H3,(H,18,20,23). The molecule has 0 aliphatic heterocycles. The summed E-state index contributed by atoms with van der Waals surface area (Å²) < 4.78 is 0. The van der Waals surface area contributed by atoms with Crippen molar-refractivity contribution < 1.29 is 4.79 Å². The molecule has 0 aliphatic carbocycles. The summed E-state index contributed by atoms with van der Waals surface area (Å²) in [6.45, 7) is 5.57. The van der Waals surface area contributed by atoms with E-state index in [1.54, 1.807) is 13.1 Å². The normalized spacial score (nSPS) is 11.6. The van der Waals surface area contributed by atoms with Crippen LogP contribution in [0.1, 0.15) is 50.8 Å². The number of nitrogens with one attached hydrogen (secondary N) is 1. The Hall–Kier alpha value is -2.28. The van der Waals surface area contributed by atoms with Gasteiger partial charge in [-0.25, -0.2) is 9.97 Å². The minimum atomic E-state index is -0.141. The van der Waals surface area contributed by atoms with Crippen LogP contribution in [0, 0.1) is 0 Å². The maximum absolute atomic E-state index is 11.8. The van der Waals surface area contributed by atoms with E-state index in [0.717, 1.165) is 29.8 Å². The molecule has 0 radical (unpaired) electrons. The first-order valence-corrected chi connectivity index (χ1v) is 8.83. The van der Waals surface area contributed by atoms with Crippen LogP contribution in [0.2, 0.25) is 0 Å². The Kier molecular flexibility index (Phi) is 6.03. The number of carbonyl (C=O) groups is 1. The molecule has 128 valence electrons. The van der Waals surface area contributed by atoms with Crippen LogP contribution < -0.4 is 10.5 Å². The highest BCUT2D eigenvalue weighted by atomic mass is 32.1. The number of anilines is 1. The summed E-state index contributed by atoms with van der Waals surface area (Å²) in [5, 5.41) is 2.53. The van der Waals surface area contributed by atoms with E-state index in [9.17, 15) is 9.59 Å². The zero-order valence-electron chi connectivity index (χ0n) is 14.4. The molecule has 2 aromatic heterocycles. The smallest absolute Gasteiger partial charge is 0.251 e. The largest absolute Gasteiger partial charge is 0.307 e. The van der Waals surface area contributed by atoms with Gasteiger partial charge in [0.25, 0.3) is 5.56 Å². The van der Waals surface area contributed by atoms with Gasteiger partial charge in [0.05, 0.1) is 5.69 Å². The first-order chi connectivity index (χ1) is 11.4. The fraction of sp³-hybridized carbons (Fsp3) is 0.412. The number of hydrogen-bond donors (Lipinski definition) is 1. The maximum Gasteiger partial charge on any atom is 0.251 e. The number of hydrogen-bond acceptors (Lipinski definition) is 5.